The van der Waals surface area contributed by atoms with Crippen molar-refractivity contribution in [2.24, 2.45) is 17.6 Å². The molecule has 1 amide bonds. The number of carbonyl (C=O) groups excluding carboxylic acids is 1. The normalized spacial score (nSPS) is 30.6. The Hall–Kier alpha value is -1.42. The molecule has 2 N–H and O–H groups in total. The molecular formula is C14H17FN2O. The highest BCUT2D eigenvalue weighted by molar-refractivity contribution is 5.94. The number of benzene rings is 1. The number of nitrogens with zero attached hydrogens (tertiary/aromatic N) is 1. The maximum atomic E-state index is 13.6. The summed E-state index contributed by atoms with van der Waals surface area (Å²) < 4.78 is 13.6. The van der Waals surface area contributed by atoms with Gasteiger partial charge in [-0.25, -0.2) is 4.39 Å². The zero-order valence-electron chi connectivity index (χ0n) is 10.2. The molecule has 96 valence electrons. The first-order valence-corrected chi connectivity index (χ1v) is 6.46. The van der Waals surface area contributed by atoms with Gasteiger partial charge in [0.15, 0.2) is 0 Å². The number of fused-ring (bicyclic) bond motifs is 1. The fraction of sp³-hybridized carbons (Fsp3) is 0.500. The average Bonchev–Trinajstić information content (AvgIpc) is 2.92. The van der Waals surface area contributed by atoms with Gasteiger partial charge in [0.2, 0.25) is 0 Å². The van der Waals surface area contributed by atoms with Crippen molar-refractivity contribution < 1.29 is 9.18 Å². The molecule has 1 aliphatic heterocycles. The number of hydrogen-bond acceptors (Lipinski definition) is 2. The van der Waals surface area contributed by atoms with E-state index in [-0.39, 0.29) is 17.5 Å². The van der Waals surface area contributed by atoms with E-state index in [1.165, 1.54) is 6.07 Å². The van der Waals surface area contributed by atoms with Crippen LogP contribution in [0.4, 0.5) is 4.39 Å². The Kier molecular flexibility index (Phi) is 2.82. The van der Waals surface area contributed by atoms with Crippen molar-refractivity contribution in [1.82, 2.24) is 4.90 Å². The SMILES string of the molecule is N[C@@H]1CC[C@@H]2CN(C(=O)c3ccccc3F)C[C@@H]21. The van der Waals surface area contributed by atoms with Crippen molar-refractivity contribution in [3.05, 3.63) is 35.6 Å². The molecule has 1 aromatic rings. The highest BCUT2D eigenvalue weighted by Crippen LogP contribution is 2.37. The molecule has 1 aromatic carbocycles. The van der Waals surface area contributed by atoms with Gasteiger partial charge in [-0.05, 0) is 36.8 Å². The second-order valence-electron chi connectivity index (χ2n) is 5.36. The second kappa shape index (κ2) is 4.35. The minimum absolute atomic E-state index is 0.172. The lowest BCUT2D eigenvalue weighted by Gasteiger charge is -2.19. The third-order valence-corrected chi connectivity index (χ3v) is 4.30. The Balaban J connectivity index is 1.78. The van der Waals surface area contributed by atoms with E-state index in [9.17, 15) is 9.18 Å². The first-order valence-electron chi connectivity index (χ1n) is 6.46. The summed E-state index contributed by atoms with van der Waals surface area (Å²) in [7, 11) is 0. The molecule has 1 heterocycles. The minimum atomic E-state index is -0.441. The van der Waals surface area contributed by atoms with Gasteiger partial charge in [0, 0.05) is 19.1 Å². The van der Waals surface area contributed by atoms with Crippen molar-refractivity contribution in [2.45, 2.75) is 18.9 Å². The van der Waals surface area contributed by atoms with Crippen LogP contribution < -0.4 is 5.73 Å². The van der Waals surface area contributed by atoms with Gasteiger partial charge >= 0.3 is 0 Å². The molecule has 3 nitrogen and oxygen atoms in total. The summed E-state index contributed by atoms with van der Waals surface area (Å²) in [6, 6.07) is 6.37. The molecule has 0 spiro atoms. The summed E-state index contributed by atoms with van der Waals surface area (Å²) in [6.45, 7) is 1.41. The molecule has 0 bridgehead atoms. The van der Waals surface area contributed by atoms with Crippen LogP contribution in [0.2, 0.25) is 0 Å². The summed E-state index contributed by atoms with van der Waals surface area (Å²) in [6.07, 6.45) is 2.14. The Morgan fingerprint density at radius 3 is 2.78 bits per heavy atom. The summed E-state index contributed by atoms with van der Waals surface area (Å²) >= 11 is 0. The number of nitrogens with two attached hydrogens (primary N) is 1. The molecule has 0 radical (unpaired) electrons. The van der Waals surface area contributed by atoms with Crippen LogP contribution in [-0.4, -0.2) is 29.9 Å². The second-order valence-corrected chi connectivity index (χ2v) is 5.36. The van der Waals surface area contributed by atoms with Crippen molar-refractivity contribution in [1.29, 1.82) is 0 Å². The Morgan fingerprint density at radius 2 is 2.06 bits per heavy atom. The van der Waals surface area contributed by atoms with Crippen molar-refractivity contribution in [3.63, 3.8) is 0 Å². The third kappa shape index (κ3) is 1.81. The predicted molar refractivity (Wildman–Crippen MR) is 66.5 cm³/mol. The van der Waals surface area contributed by atoms with Crippen LogP contribution in [0, 0.1) is 17.7 Å². The summed E-state index contributed by atoms with van der Waals surface area (Å²) in [5.41, 5.74) is 6.21. The number of carbonyl (C=O) groups is 1. The standard InChI is InChI=1S/C14H17FN2O/c15-12-4-2-1-3-10(12)14(18)17-7-9-5-6-13(16)11(9)8-17/h1-4,9,11,13H,5-8,16H2/t9-,11+,13-/m1/s1. The zero-order valence-corrected chi connectivity index (χ0v) is 10.2. The minimum Gasteiger partial charge on any atom is -0.338 e. The van der Waals surface area contributed by atoms with Crippen molar-refractivity contribution in [2.75, 3.05) is 13.1 Å². The Morgan fingerprint density at radius 1 is 1.28 bits per heavy atom. The van der Waals surface area contributed by atoms with Gasteiger partial charge in [0.25, 0.3) is 5.91 Å². The van der Waals surface area contributed by atoms with E-state index in [0.29, 0.717) is 18.4 Å². The molecule has 2 aliphatic rings. The van der Waals surface area contributed by atoms with E-state index < -0.39 is 5.82 Å². The van der Waals surface area contributed by atoms with Gasteiger partial charge in [-0.3, -0.25) is 4.79 Å². The van der Waals surface area contributed by atoms with Gasteiger partial charge in [0.05, 0.1) is 5.56 Å². The lowest BCUT2D eigenvalue weighted by Crippen LogP contribution is -2.33. The molecular weight excluding hydrogens is 231 g/mol. The molecule has 1 saturated heterocycles. The number of likely N-dealkylation sites (tertiary alicyclic amines) is 1. The number of hydrogen-bond donors (Lipinski definition) is 1. The van der Waals surface area contributed by atoms with Gasteiger partial charge in [-0.1, -0.05) is 12.1 Å². The van der Waals surface area contributed by atoms with Crippen molar-refractivity contribution >= 4 is 5.91 Å². The topological polar surface area (TPSA) is 46.3 Å². The Bertz CT molecular complexity index is 477. The van der Waals surface area contributed by atoms with Crippen LogP contribution in [-0.2, 0) is 0 Å². The van der Waals surface area contributed by atoms with E-state index in [0.717, 1.165) is 19.4 Å². The monoisotopic (exact) mass is 248 g/mol. The summed E-state index contributed by atoms with van der Waals surface area (Å²) in [5.74, 6) is 0.273. The van der Waals surface area contributed by atoms with Gasteiger partial charge in [0.1, 0.15) is 5.82 Å². The molecule has 2 fully saturated rings. The van der Waals surface area contributed by atoms with Gasteiger partial charge in [-0.15, -0.1) is 0 Å². The van der Waals surface area contributed by atoms with E-state index >= 15 is 0 Å². The molecule has 3 atom stereocenters. The molecule has 4 heteroatoms. The van der Waals surface area contributed by atoms with E-state index in [1.54, 1.807) is 23.1 Å². The third-order valence-electron chi connectivity index (χ3n) is 4.30. The first kappa shape index (κ1) is 11.7. The number of rotatable bonds is 1. The molecule has 1 saturated carbocycles. The fourth-order valence-corrected chi connectivity index (χ4v) is 3.28. The Labute approximate surface area is 106 Å². The van der Waals surface area contributed by atoms with Crippen LogP contribution in [0.25, 0.3) is 0 Å². The number of amides is 1. The lowest BCUT2D eigenvalue weighted by molar-refractivity contribution is 0.0775. The maximum absolute atomic E-state index is 13.6. The maximum Gasteiger partial charge on any atom is 0.256 e. The molecule has 18 heavy (non-hydrogen) atoms. The summed E-state index contributed by atoms with van der Waals surface area (Å²) in [4.78, 5) is 14.0. The van der Waals surface area contributed by atoms with Crippen LogP contribution in [0.3, 0.4) is 0 Å². The van der Waals surface area contributed by atoms with Crippen LogP contribution in [0.15, 0.2) is 24.3 Å². The van der Waals surface area contributed by atoms with Gasteiger partial charge in [-0.2, -0.15) is 0 Å². The highest BCUT2D eigenvalue weighted by Gasteiger charge is 2.42. The van der Waals surface area contributed by atoms with Crippen LogP contribution in [0.1, 0.15) is 23.2 Å². The molecule has 3 rings (SSSR count). The van der Waals surface area contributed by atoms with Gasteiger partial charge < -0.3 is 10.6 Å². The predicted octanol–water partition coefficient (Wildman–Crippen LogP) is 1.64. The van der Waals surface area contributed by atoms with E-state index in [4.69, 9.17) is 5.73 Å². The lowest BCUT2D eigenvalue weighted by atomic mass is 9.98. The molecule has 0 aromatic heterocycles. The zero-order chi connectivity index (χ0) is 12.7. The molecule has 1 aliphatic carbocycles. The van der Waals surface area contributed by atoms with Crippen molar-refractivity contribution in [3.8, 4) is 0 Å². The van der Waals surface area contributed by atoms with Crippen LogP contribution in [0.5, 0.6) is 0 Å². The summed E-state index contributed by atoms with van der Waals surface area (Å²) in [5, 5.41) is 0. The number of halogens is 1. The average molecular weight is 248 g/mol. The highest BCUT2D eigenvalue weighted by atomic mass is 19.1. The fourth-order valence-electron chi connectivity index (χ4n) is 3.28. The van der Waals surface area contributed by atoms with E-state index in [1.807, 2.05) is 0 Å². The first-order chi connectivity index (χ1) is 8.66. The van der Waals surface area contributed by atoms with Crippen LogP contribution >= 0.6 is 0 Å². The quantitative estimate of drug-likeness (QED) is 0.821. The molecule has 0 unspecified atom stereocenters. The smallest absolute Gasteiger partial charge is 0.256 e. The van der Waals surface area contributed by atoms with E-state index in [2.05, 4.69) is 0 Å². The largest absolute Gasteiger partial charge is 0.338 e.